The molecule has 4 heteroatoms. The second-order valence-corrected chi connectivity index (χ2v) is 10.7. The second-order valence-electron chi connectivity index (χ2n) is 10.7. The SMILES string of the molecule is CC(=O)OCC[C@H]1CC[C@H]2[C@@H]3CC=C4C[C@@H](OC(C)=O)CC[C@]4(C)[C@H]3CC[C@]12C. The van der Waals surface area contributed by atoms with E-state index in [1.54, 1.807) is 5.57 Å². The first kappa shape index (κ1) is 20.9. The van der Waals surface area contributed by atoms with Gasteiger partial charge >= 0.3 is 11.9 Å². The zero-order valence-corrected chi connectivity index (χ0v) is 18.7. The Balaban J connectivity index is 1.48. The molecule has 0 aliphatic heterocycles. The molecule has 0 radical (unpaired) electrons. The molecule has 0 saturated heterocycles. The minimum absolute atomic E-state index is 0.0781. The third-order valence-corrected chi connectivity index (χ3v) is 9.36. The Labute approximate surface area is 175 Å². The first-order chi connectivity index (χ1) is 13.7. The maximum atomic E-state index is 11.4. The smallest absolute Gasteiger partial charge is 0.302 e. The molecule has 29 heavy (non-hydrogen) atoms. The van der Waals surface area contributed by atoms with Gasteiger partial charge in [0.1, 0.15) is 6.10 Å². The molecule has 4 aliphatic rings. The normalized spacial score (nSPS) is 43.4. The number of carbonyl (C=O) groups is 2. The molecule has 0 heterocycles. The zero-order chi connectivity index (χ0) is 20.8. The molecule has 0 aromatic carbocycles. The molecule has 3 saturated carbocycles. The van der Waals surface area contributed by atoms with E-state index >= 15 is 0 Å². The Morgan fingerprint density at radius 3 is 2.55 bits per heavy atom. The summed E-state index contributed by atoms with van der Waals surface area (Å²) in [4.78, 5) is 22.6. The van der Waals surface area contributed by atoms with Crippen LogP contribution in [-0.2, 0) is 19.1 Å². The monoisotopic (exact) mass is 402 g/mol. The molecule has 7 atom stereocenters. The molecule has 0 unspecified atom stereocenters. The molecule has 162 valence electrons. The number of allylic oxidation sites excluding steroid dienone is 1. The Kier molecular flexibility index (Phi) is 5.59. The molecule has 0 aromatic heterocycles. The van der Waals surface area contributed by atoms with E-state index in [9.17, 15) is 9.59 Å². The summed E-state index contributed by atoms with van der Waals surface area (Å²) in [5.41, 5.74) is 2.25. The maximum Gasteiger partial charge on any atom is 0.302 e. The van der Waals surface area contributed by atoms with Crippen molar-refractivity contribution in [3.63, 3.8) is 0 Å². The molecule has 3 fully saturated rings. The average Bonchev–Trinajstić information content (AvgIpc) is 2.98. The molecule has 0 spiro atoms. The van der Waals surface area contributed by atoms with Crippen LogP contribution in [0.1, 0.15) is 85.5 Å². The summed E-state index contributed by atoms with van der Waals surface area (Å²) >= 11 is 0. The molecular weight excluding hydrogens is 364 g/mol. The lowest BCUT2D eigenvalue weighted by atomic mass is 9.47. The van der Waals surface area contributed by atoms with E-state index in [1.807, 2.05) is 0 Å². The van der Waals surface area contributed by atoms with Crippen LogP contribution in [-0.4, -0.2) is 24.6 Å². The molecule has 0 amide bonds. The van der Waals surface area contributed by atoms with Gasteiger partial charge in [-0.3, -0.25) is 9.59 Å². The fraction of sp³-hybridized carbons (Fsp3) is 0.840. The molecule has 0 aromatic rings. The molecule has 0 N–H and O–H groups in total. The van der Waals surface area contributed by atoms with Gasteiger partial charge in [-0.25, -0.2) is 0 Å². The van der Waals surface area contributed by atoms with Gasteiger partial charge in [-0.2, -0.15) is 0 Å². The van der Waals surface area contributed by atoms with Crippen LogP contribution >= 0.6 is 0 Å². The van der Waals surface area contributed by atoms with Crippen molar-refractivity contribution < 1.29 is 19.1 Å². The lowest BCUT2D eigenvalue weighted by Crippen LogP contribution is -2.50. The Morgan fingerprint density at radius 1 is 1.03 bits per heavy atom. The third-order valence-electron chi connectivity index (χ3n) is 9.36. The predicted octanol–water partition coefficient (Wildman–Crippen LogP) is 5.45. The number of fused-ring (bicyclic) bond motifs is 5. The fourth-order valence-corrected chi connectivity index (χ4v) is 7.89. The lowest BCUT2D eigenvalue weighted by molar-refractivity contribution is -0.148. The van der Waals surface area contributed by atoms with Gasteiger partial charge in [-0.15, -0.1) is 0 Å². The second kappa shape index (κ2) is 7.74. The van der Waals surface area contributed by atoms with Crippen LogP contribution in [0.15, 0.2) is 11.6 Å². The summed E-state index contributed by atoms with van der Waals surface area (Å²) in [6.07, 6.45) is 13.1. The highest BCUT2D eigenvalue weighted by atomic mass is 16.5. The van der Waals surface area contributed by atoms with Crippen molar-refractivity contribution in [3.05, 3.63) is 11.6 Å². The van der Waals surface area contributed by atoms with Crippen LogP contribution in [0.5, 0.6) is 0 Å². The molecule has 0 bridgehead atoms. The minimum Gasteiger partial charge on any atom is -0.466 e. The van der Waals surface area contributed by atoms with Gasteiger partial charge < -0.3 is 9.47 Å². The van der Waals surface area contributed by atoms with Gasteiger partial charge in [0.15, 0.2) is 0 Å². The number of hydrogen-bond donors (Lipinski definition) is 0. The summed E-state index contributed by atoms with van der Waals surface area (Å²) in [6, 6.07) is 0. The topological polar surface area (TPSA) is 52.6 Å². The van der Waals surface area contributed by atoms with Crippen LogP contribution in [0.25, 0.3) is 0 Å². The highest BCUT2D eigenvalue weighted by Gasteiger charge is 2.58. The van der Waals surface area contributed by atoms with Crippen LogP contribution in [0.4, 0.5) is 0 Å². The van der Waals surface area contributed by atoms with Crippen molar-refractivity contribution in [2.75, 3.05) is 6.61 Å². The Morgan fingerprint density at radius 2 is 1.83 bits per heavy atom. The van der Waals surface area contributed by atoms with Crippen molar-refractivity contribution in [2.45, 2.75) is 91.6 Å². The Bertz CT molecular complexity index is 697. The van der Waals surface area contributed by atoms with Gasteiger partial charge in [0.05, 0.1) is 6.61 Å². The lowest BCUT2D eigenvalue weighted by Gasteiger charge is -2.58. The van der Waals surface area contributed by atoms with Gasteiger partial charge in [-0.1, -0.05) is 25.5 Å². The van der Waals surface area contributed by atoms with E-state index < -0.39 is 0 Å². The number of esters is 2. The van der Waals surface area contributed by atoms with E-state index in [1.165, 1.54) is 46.0 Å². The number of ether oxygens (including phenoxy) is 2. The van der Waals surface area contributed by atoms with Crippen LogP contribution in [0.3, 0.4) is 0 Å². The molecule has 4 aliphatic carbocycles. The van der Waals surface area contributed by atoms with Gasteiger partial charge in [-0.05, 0) is 85.9 Å². The minimum atomic E-state index is -0.157. The number of carbonyl (C=O) groups excluding carboxylic acids is 2. The zero-order valence-electron chi connectivity index (χ0n) is 18.7. The van der Waals surface area contributed by atoms with Crippen LogP contribution < -0.4 is 0 Å². The van der Waals surface area contributed by atoms with Crippen molar-refractivity contribution in [3.8, 4) is 0 Å². The molecular formula is C25H38O4. The van der Waals surface area contributed by atoms with Crippen molar-refractivity contribution in [1.29, 1.82) is 0 Å². The largest absolute Gasteiger partial charge is 0.466 e. The van der Waals surface area contributed by atoms with E-state index in [-0.39, 0.29) is 23.5 Å². The average molecular weight is 403 g/mol. The highest BCUT2D eigenvalue weighted by molar-refractivity contribution is 5.66. The summed E-state index contributed by atoms with van der Waals surface area (Å²) < 4.78 is 10.8. The summed E-state index contributed by atoms with van der Waals surface area (Å²) in [5.74, 6) is 2.73. The molecule has 4 rings (SSSR count). The van der Waals surface area contributed by atoms with E-state index in [2.05, 4.69) is 19.9 Å². The maximum absolute atomic E-state index is 11.4. The van der Waals surface area contributed by atoms with E-state index in [4.69, 9.17) is 9.47 Å². The standard InChI is InChI=1S/C25H38O4/c1-16(26)28-14-11-18-6-8-22-21-7-5-19-15-20(29-17(2)27)9-12-25(19,4)23(21)10-13-24(18,22)3/h5,18,20-23H,6-15H2,1-4H3/t18-,20+,21+,22+,23+,24-,25+/m1/s1. The van der Waals surface area contributed by atoms with E-state index in [0.717, 1.165) is 43.4 Å². The summed E-state index contributed by atoms with van der Waals surface area (Å²) in [5, 5.41) is 0. The van der Waals surface area contributed by atoms with E-state index in [0.29, 0.717) is 17.9 Å². The quantitative estimate of drug-likeness (QED) is 0.463. The van der Waals surface area contributed by atoms with Crippen molar-refractivity contribution in [2.24, 2.45) is 34.5 Å². The first-order valence-corrected chi connectivity index (χ1v) is 11.7. The third kappa shape index (κ3) is 3.65. The summed E-state index contributed by atoms with van der Waals surface area (Å²) in [7, 11) is 0. The van der Waals surface area contributed by atoms with Crippen LogP contribution in [0.2, 0.25) is 0 Å². The summed E-state index contributed by atoms with van der Waals surface area (Å²) in [6.45, 7) is 8.63. The van der Waals surface area contributed by atoms with Gasteiger partial charge in [0.2, 0.25) is 0 Å². The van der Waals surface area contributed by atoms with Crippen molar-refractivity contribution in [1.82, 2.24) is 0 Å². The van der Waals surface area contributed by atoms with Crippen LogP contribution in [0, 0.1) is 34.5 Å². The van der Waals surface area contributed by atoms with Gasteiger partial charge in [0, 0.05) is 20.3 Å². The van der Waals surface area contributed by atoms with Crippen molar-refractivity contribution >= 4 is 11.9 Å². The first-order valence-electron chi connectivity index (χ1n) is 11.7. The number of rotatable bonds is 4. The fourth-order valence-electron chi connectivity index (χ4n) is 7.89. The predicted molar refractivity (Wildman–Crippen MR) is 112 cm³/mol. The Hall–Kier alpha value is -1.32. The van der Waals surface area contributed by atoms with Gasteiger partial charge in [0.25, 0.3) is 0 Å². The molecule has 4 nitrogen and oxygen atoms in total. The number of hydrogen-bond acceptors (Lipinski definition) is 4. The highest BCUT2D eigenvalue weighted by Crippen LogP contribution is 2.66.